The summed E-state index contributed by atoms with van der Waals surface area (Å²) in [5.74, 6) is -5.60. The van der Waals surface area contributed by atoms with Crippen LogP contribution in [-0.4, -0.2) is 76.2 Å². The summed E-state index contributed by atoms with van der Waals surface area (Å²) in [5, 5.41) is 25.1. The fourth-order valence-electron chi connectivity index (χ4n) is 8.24. The highest BCUT2D eigenvalue weighted by molar-refractivity contribution is 5.87. The standard InChI is InChI=1S/C37H46O12/c1-19-27(49-30(42)16-15-25-13-11-10-12-14-25)18-29(46-22(4)39)36(9)31(19)32(47-23(5)40)26-17-28(45-21(3)38)20(2)37(44,35(26,7)8)33(43)34(36)48-24(6)41/h10-16,26-27,29,31-34,43-44H,1,17-18H2,2-9H3. The molecule has 2 saturated carbocycles. The molecular formula is C37H46O12. The van der Waals surface area contributed by atoms with Gasteiger partial charge in [-0.05, 0) is 29.7 Å². The summed E-state index contributed by atoms with van der Waals surface area (Å²) in [4.78, 5) is 63.8. The highest BCUT2D eigenvalue weighted by Crippen LogP contribution is 2.63. The highest BCUT2D eigenvalue weighted by Gasteiger charge is 2.72. The molecule has 2 fully saturated rings. The first-order valence-corrected chi connectivity index (χ1v) is 16.2. The summed E-state index contributed by atoms with van der Waals surface area (Å²) in [6, 6.07) is 9.07. The number of rotatable bonds is 7. The quantitative estimate of drug-likeness (QED) is 0.184. The molecule has 266 valence electrons. The predicted octanol–water partition coefficient (Wildman–Crippen LogP) is 3.98. The van der Waals surface area contributed by atoms with Gasteiger partial charge in [0.15, 0.2) is 0 Å². The molecule has 0 amide bonds. The zero-order valence-electron chi connectivity index (χ0n) is 29.2. The number of benzene rings is 1. The Bertz CT molecular complexity index is 1570. The minimum absolute atomic E-state index is 0.0218. The molecule has 0 spiro atoms. The molecule has 0 saturated heterocycles. The highest BCUT2D eigenvalue weighted by atomic mass is 16.6. The Labute approximate surface area is 286 Å². The molecule has 0 aliphatic heterocycles. The zero-order valence-corrected chi connectivity index (χ0v) is 29.2. The minimum Gasteiger partial charge on any atom is -0.462 e. The maximum absolute atomic E-state index is 13.2. The van der Waals surface area contributed by atoms with Crippen molar-refractivity contribution in [1.29, 1.82) is 0 Å². The van der Waals surface area contributed by atoms with Crippen LogP contribution in [0.4, 0.5) is 0 Å². The van der Waals surface area contributed by atoms with E-state index < -0.39 is 88.6 Å². The number of ether oxygens (including phenoxy) is 5. The molecule has 0 heterocycles. The van der Waals surface area contributed by atoms with Crippen molar-refractivity contribution < 1.29 is 57.9 Å². The summed E-state index contributed by atoms with van der Waals surface area (Å²) >= 11 is 0. The van der Waals surface area contributed by atoms with Gasteiger partial charge < -0.3 is 33.9 Å². The number of aliphatic hydroxyl groups is 2. The van der Waals surface area contributed by atoms with Crippen LogP contribution in [0.1, 0.15) is 73.8 Å². The maximum Gasteiger partial charge on any atom is 0.331 e. The molecule has 1 aromatic carbocycles. The van der Waals surface area contributed by atoms with Crippen LogP contribution in [0, 0.1) is 22.7 Å². The molecule has 49 heavy (non-hydrogen) atoms. The van der Waals surface area contributed by atoms with Crippen molar-refractivity contribution in [3.63, 3.8) is 0 Å². The molecule has 0 radical (unpaired) electrons. The largest absolute Gasteiger partial charge is 0.462 e. The number of hydrogen-bond donors (Lipinski definition) is 2. The third-order valence-electron chi connectivity index (χ3n) is 10.6. The monoisotopic (exact) mass is 682 g/mol. The molecule has 0 aromatic heterocycles. The van der Waals surface area contributed by atoms with E-state index in [9.17, 15) is 34.2 Å². The number of fused-ring (bicyclic) bond motifs is 3. The molecule has 4 rings (SSSR count). The van der Waals surface area contributed by atoms with Gasteiger partial charge in [-0.15, -0.1) is 0 Å². The van der Waals surface area contributed by atoms with Crippen LogP contribution < -0.4 is 0 Å². The van der Waals surface area contributed by atoms with Crippen molar-refractivity contribution >= 4 is 35.9 Å². The van der Waals surface area contributed by atoms with E-state index in [0.717, 1.165) is 12.5 Å². The van der Waals surface area contributed by atoms with E-state index in [-0.39, 0.29) is 29.7 Å². The van der Waals surface area contributed by atoms with Gasteiger partial charge in [-0.1, -0.05) is 57.7 Å². The van der Waals surface area contributed by atoms with Gasteiger partial charge in [0.2, 0.25) is 0 Å². The first kappa shape index (κ1) is 37.5. The van der Waals surface area contributed by atoms with Crippen LogP contribution in [0.3, 0.4) is 0 Å². The lowest BCUT2D eigenvalue weighted by Gasteiger charge is -2.64. The second kappa shape index (κ2) is 13.9. The molecule has 12 heteroatoms. The Morgan fingerprint density at radius 1 is 0.878 bits per heavy atom. The van der Waals surface area contributed by atoms with Crippen molar-refractivity contribution in [2.75, 3.05) is 0 Å². The lowest BCUT2D eigenvalue weighted by molar-refractivity contribution is -0.274. The van der Waals surface area contributed by atoms with Gasteiger partial charge in [-0.3, -0.25) is 19.2 Å². The van der Waals surface area contributed by atoms with Crippen molar-refractivity contribution in [3.05, 3.63) is 65.5 Å². The summed E-state index contributed by atoms with van der Waals surface area (Å²) in [6.45, 7) is 15.5. The summed E-state index contributed by atoms with van der Waals surface area (Å²) < 4.78 is 29.3. The normalized spacial score (nSPS) is 33.8. The number of carbonyl (C=O) groups is 5. The average molecular weight is 683 g/mol. The first-order chi connectivity index (χ1) is 22.8. The molecular weight excluding hydrogens is 636 g/mol. The number of hydrogen-bond acceptors (Lipinski definition) is 12. The zero-order chi connectivity index (χ0) is 36.6. The van der Waals surface area contributed by atoms with Crippen molar-refractivity contribution in [2.45, 2.75) is 104 Å². The van der Waals surface area contributed by atoms with E-state index >= 15 is 0 Å². The van der Waals surface area contributed by atoms with Crippen molar-refractivity contribution in [1.82, 2.24) is 0 Å². The molecule has 1 aromatic rings. The van der Waals surface area contributed by atoms with E-state index in [1.54, 1.807) is 39.0 Å². The van der Waals surface area contributed by atoms with Crippen LogP contribution in [0.15, 0.2) is 59.9 Å². The van der Waals surface area contributed by atoms with Crippen LogP contribution in [0.5, 0.6) is 0 Å². The van der Waals surface area contributed by atoms with E-state index in [1.807, 2.05) is 18.2 Å². The average Bonchev–Trinajstić information content (AvgIpc) is 3.00. The summed E-state index contributed by atoms with van der Waals surface area (Å²) in [5.41, 5.74) is -4.10. The third-order valence-corrected chi connectivity index (χ3v) is 10.6. The number of allylic oxidation sites excluding steroid dienone is 1. The molecule has 9 atom stereocenters. The summed E-state index contributed by atoms with van der Waals surface area (Å²) in [7, 11) is 0. The minimum atomic E-state index is -2.24. The Morgan fingerprint density at radius 3 is 2.02 bits per heavy atom. The topological polar surface area (TPSA) is 172 Å². The van der Waals surface area contributed by atoms with E-state index in [1.165, 1.54) is 33.8 Å². The first-order valence-electron chi connectivity index (χ1n) is 16.2. The predicted molar refractivity (Wildman–Crippen MR) is 175 cm³/mol. The SMILES string of the molecule is C=C1C(OC(=O)C=Cc2ccccc2)CC(OC(C)=O)C2(C)C(OC(C)=O)C(O)C3(O)C(C)=C(OC(C)=O)CC(C(OC(C)=O)C12)C3(C)C. The van der Waals surface area contributed by atoms with E-state index in [4.69, 9.17) is 23.7 Å². The number of carbonyl (C=O) groups excluding carboxylic acids is 5. The van der Waals surface area contributed by atoms with Gasteiger partial charge >= 0.3 is 29.8 Å². The van der Waals surface area contributed by atoms with Crippen LogP contribution in [0.2, 0.25) is 0 Å². The van der Waals surface area contributed by atoms with Gasteiger partial charge in [0.25, 0.3) is 0 Å². The van der Waals surface area contributed by atoms with E-state index in [0.29, 0.717) is 0 Å². The lowest BCUT2D eigenvalue weighted by atomic mass is 9.45. The van der Waals surface area contributed by atoms with Crippen LogP contribution >= 0.6 is 0 Å². The van der Waals surface area contributed by atoms with Crippen molar-refractivity contribution in [3.8, 4) is 0 Å². The second-order valence-corrected chi connectivity index (χ2v) is 13.9. The Morgan fingerprint density at radius 2 is 1.47 bits per heavy atom. The Hall–Kier alpha value is -4.29. The fraction of sp³-hybridized carbons (Fsp3) is 0.541. The van der Waals surface area contributed by atoms with Gasteiger partial charge in [0, 0.05) is 63.9 Å². The molecule has 3 aliphatic carbocycles. The maximum atomic E-state index is 13.2. The van der Waals surface area contributed by atoms with Gasteiger partial charge in [0.1, 0.15) is 41.9 Å². The van der Waals surface area contributed by atoms with Gasteiger partial charge in [0.05, 0.1) is 5.41 Å². The van der Waals surface area contributed by atoms with E-state index in [2.05, 4.69) is 6.58 Å². The van der Waals surface area contributed by atoms with Gasteiger partial charge in [-0.2, -0.15) is 0 Å². The molecule has 2 N–H and O–H groups in total. The van der Waals surface area contributed by atoms with Crippen LogP contribution in [0.25, 0.3) is 6.08 Å². The number of esters is 5. The molecule has 9 unspecified atom stereocenters. The summed E-state index contributed by atoms with van der Waals surface area (Å²) in [6.07, 6.45) is -4.43. The molecule has 2 bridgehead atoms. The second-order valence-electron chi connectivity index (χ2n) is 13.9. The third kappa shape index (κ3) is 6.81. The van der Waals surface area contributed by atoms with Crippen LogP contribution in [-0.2, 0) is 47.7 Å². The van der Waals surface area contributed by atoms with Gasteiger partial charge in [-0.25, -0.2) is 4.79 Å². The van der Waals surface area contributed by atoms with Crippen molar-refractivity contribution in [2.24, 2.45) is 22.7 Å². The lowest BCUT2D eigenvalue weighted by Crippen LogP contribution is -2.74. The molecule has 3 aliphatic rings. The Kier molecular flexibility index (Phi) is 10.7. The Balaban J connectivity index is 1.98. The number of aliphatic hydroxyl groups excluding tert-OH is 1. The smallest absolute Gasteiger partial charge is 0.331 e. The fourth-order valence-corrected chi connectivity index (χ4v) is 8.24. The molecule has 12 nitrogen and oxygen atoms in total.